The van der Waals surface area contributed by atoms with E-state index in [0.29, 0.717) is 0 Å². The minimum atomic E-state index is 0.973. The summed E-state index contributed by atoms with van der Waals surface area (Å²) in [5.41, 5.74) is 4.39. The Bertz CT molecular complexity index is 105. The van der Waals surface area contributed by atoms with Crippen LogP contribution in [0.4, 0.5) is 0 Å². The van der Waals surface area contributed by atoms with Crippen LogP contribution < -0.4 is 5.53 Å². The largest absolute Gasteiger partial charge is 0.229 e. The number of nitrogens with zero attached hydrogens (tertiary/aromatic N) is 2. The van der Waals surface area contributed by atoms with Gasteiger partial charge in [-0.3, -0.25) is 0 Å². The molecule has 4 aliphatic rings. The van der Waals surface area contributed by atoms with Crippen LogP contribution >= 0.6 is 8.73 Å². The molecule has 1 N–H and O–H groups in total. The van der Waals surface area contributed by atoms with Gasteiger partial charge in [-0.2, -0.15) is 5.53 Å². The Morgan fingerprint density at radius 1 is 1.30 bits per heavy atom. The molecule has 0 radical (unpaired) electrons. The van der Waals surface area contributed by atoms with Gasteiger partial charge in [0.2, 0.25) is 0 Å². The summed E-state index contributed by atoms with van der Waals surface area (Å²) in [7, 11) is 1.05. The minimum absolute atomic E-state index is 0.973. The zero-order chi connectivity index (χ0) is 6.55. The molecule has 0 spiro atoms. The van der Waals surface area contributed by atoms with Gasteiger partial charge in [-0.15, -0.1) is 0 Å². The van der Waals surface area contributed by atoms with E-state index in [2.05, 4.69) is 15.3 Å². The molecule has 0 amide bonds. The van der Waals surface area contributed by atoms with Crippen LogP contribution in [0.25, 0.3) is 0 Å². The van der Waals surface area contributed by atoms with Gasteiger partial charge in [0, 0.05) is 25.3 Å². The van der Waals surface area contributed by atoms with Crippen LogP contribution in [-0.4, -0.2) is 35.1 Å². The molecule has 10 heavy (non-hydrogen) atoms. The molecule has 4 saturated heterocycles. The van der Waals surface area contributed by atoms with E-state index in [1.165, 1.54) is 26.1 Å². The molecule has 3 nitrogen and oxygen atoms in total. The van der Waals surface area contributed by atoms with Crippen molar-refractivity contribution < 1.29 is 0 Å². The Balaban J connectivity index is 1.90. The topological polar surface area (TPSA) is 18.5 Å². The average Bonchev–Trinajstić information content (AvgIpc) is 1.82. The Morgan fingerprint density at radius 3 is 3.00 bits per heavy atom. The Morgan fingerprint density at radius 2 is 2.30 bits per heavy atom. The van der Waals surface area contributed by atoms with Crippen LogP contribution in [0.1, 0.15) is 6.42 Å². The maximum absolute atomic E-state index is 3.39. The van der Waals surface area contributed by atoms with Gasteiger partial charge in [0.1, 0.15) is 0 Å². The van der Waals surface area contributed by atoms with Crippen molar-refractivity contribution >= 4 is 8.73 Å². The molecule has 0 aliphatic carbocycles. The van der Waals surface area contributed by atoms with E-state index in [1.54, 1.807) is 0 Å². The van der Waals surface area contributed by atoms with Crippen LogP contribution in [0.2, 0.25) is 0 Å². The van der Waals surface area contributed by atoms with Crippen molar-refractivity contribution in [3.8, 4) is 0 Å². The van der Waals surface area contributed by atoms with E-state index in [4.69, 9.17) is 0 Å². The monoisotopic (exact) mass is 157 g/mol. The predicted molar refractivity (Wildman–Crippen MR) is 41.6 cm³/mol. The molecule has 4 aliphatic heterocycles. The van der Waals surface area contributed by atoms with Gasteiger partial charge >= 0.3 is 0 Å². The molecular formula is C6H12N3P. The Labute approximate surface area is 62.5 Å². The summed E-state index contributed by atoms with van der Waals surface area (Å²) in [4.78, 5) is 0. The van der Waals surface area contributed by atoms with Gasteiger partial charge in [-0.25, -0.2) is 9.79 Å². The van der Waals surface area contributed by atoms with E-state index < -0.39 is 0 Å². The highest BCUT2D eigenvalue weighted by Gasteiger charge is 2.39. The minimum Gasteiger partial charge on any atom is -0.229 e. The summed E-state index contributed by atoms with van der Waals surface area (Å²) in [6, 6.07) is 0. The lowest BCUT2D eigenvalue weighted by Crippen LogP contribution is -2.65. The SMILES string of the molecule is C1C2CN3CC1PN(C2)N3. The molecule has 0 saturated carbocycles. The second-order valence-corrected chi connectivity index (χ2v) is 5.16. The number of hydrazine groups is 2. The fourth-order valence-corrected chi connectivity index (χ4v) is 4.03. The van der Waals surface area contributed by atoms with Gasteiger partial charge in [-0.1, -0.05) is 0 Å². The zero-order valence-corrected chi connectivity index (χ0v) is 6.88. The van der Waals surface area contributed by atoms with E-state index in [1.807, 2.05) is 0 Å². The van der Waals surface area contributed by atoms with E-state index >= 15 is 0 Å². The molecule has 5 atom stereocenters. The van der Waals surface area contributed by atoms with E-state index in [-0.39, 0.29) is 0 Å². The number of hydrogen-bond donors (Lipinski definition) is 1. The third kappa shape index (κ3) is 0.751. The molecule has 0 aromatic rings. The maximum Gasteiger partial charge on any atom is 0.0223 e. The Kier molecular flexibility index (Phi) is 1.13. The van der Waals surface area contributed by atoms with Crippen molar-refractivity contribution in [2.45, 2.75) is 12.1 Å². The molecule has 4 heterocycles. The van der Waals surface area contributed by atoms with E-state index in [9.17, 15) is 0 Å². The van der Waals surface area contributed by atoms with Crippen LogP contribution in [0, 0.1) is 5.92 Å². The summed E-state index contributed by atoms with van der Waals surface area (Å²) in [6.07, 6.45) is 1.49. The van der Waals surface area contributed by atoms with Crippen LogP contribution in [-0.2, 0) is 0 Å². The smallest absolute Gasteiger partial charge is 0.0223 e. The molecule has 4 bridgehead atoms. The molecule has 4 rings (SSSR count). The van der Waals surface area contributed by atoms with E-state index in [0.717, 1.165) is 20.3 Å². The third-order valence-electron chi connectivity index (χ3n) is 2.58. The van der Waals surface area contributed by atoms with Crippen molar-refractivity contribution in [2.75, 3.05) is 19.6 Å². The van der Waals surface area contributed by atoms with Gasteiger partial charge in [0.15, 0.2) is 0 Å². The number of nitrogens with one attached hydrogen (secondary N) is 1. The zero-order valence-electron chi connectivity index (χ0n) is 5.88. The first-order chi connectivity index (χ1) is 4.90. The van der Waals surface area contributed by atoms with Crippen molar-refractivity contribution in [3.05, 3.63) is 0 Å². The first-order valence-corrected chi connectivity index (χ1v) is 4.97. The predicted octanol–water partition coefficient (Wildman–Crippen LogP) is 0.0192. The molecule has 5 unspecified atom stereocenters. The highest BCUT2D eigenvalue weighted by Crippen LogP contribution is 2.41. The number of hydrogen-bond acceptors (Lipinski definition) is 3. The maximum atomic E-state index is 3.39. The third-order valence-corrected chi connectivity index (χ3v) is 3.96. The summed E-state index contributed by atoms with van der Waals surface area (Å²) < 4.78 is 2.39. The molecule has 0 aromatic heterocycles. The second-order valence-electron chi connectivity index (χ2n) is 3.54. The first-order valence-electron chi connectivity index (χ1n) is 3.95. The van der Waals surface area contributed by atoms with Crippen molar-refractivity contribution in [1.82, 2.24) is 15.3 Å². The van der Waals surface area contributed by atoms with Crippen molar-refractivity contribution in [2.24, 2.45) is 5.92 Å². The molecule has 4 fully saturated rings. The van der Waals surface area contributed by atoms with Crippen molar-refractivity contribution in [3.63, 3.8) is 0 Å². The Hall–Kier alpha value is 0.310. The lowest BCUT2D eigenvalue weighted by molar-refractivity contribution is -0.0309. The summed E-state index contributed by atoms with van der Waals surface area (Å²) in [5.74, 6) is 0.973. The number of rotatable bonds is 0. The summed E-state index contributed by atoms with van der Waals surface area (Å²) in [5, 5.41) is 2.37. The van der Waals surface area contributed by atoms with Crippen LogP contribution in [0.15, 0.2) is 0 Å². The normalized spacial score (nSPS) is 60.0. The lowest BCUT2D eigenvalue weighted by atomic mass is 9.98. The lowest BCUT2D eigenvalue weighted by Gasteiger charge is -2.53. The molecular weight excluding hydrogens is 145 g/mol. The molecule has 0 aromatic carbocycles. The molecule has 56 valence electrons. The molecule has 4 heteroatoms. The summed E-state index contributed by atoms with van der Waals surface area (Å²) in [6.45, 7) is 3.88. The standard InChI is InChI=1S/C6H12N3P/c1-5-2-8-4-6(1)10-9(3-5)7-8/h5-7,10H,1-4H2. The highest BCUT2D eigenvalue weighted by atomic mass is 31.1. The second kappa shape index (κ2) is 1.92. The highest BCUT2D eigenvalue weighted by molar-refractivity contribution is 7.36. The van der Waals surface area contributed by atoms with Crippen LogP contribution in [0.5, 0.6) is 0 Å². The average molecular weight is 157 g/mol. The van der Waals surface area contributed by atoms with Gasteiger partial charge in [0.25, 0.3) is 0 Å². The first kappa shape index (κ1) is 5.90. The van der Waals surface area contributed by atoms with Gasteiger partial charge in [0.05, 0.1) is 0 Å². The quantitative estimate of drug-likeness (QED) is 0.500. The fraction of sp³-hybridized carbons (Fsp3) is 1.00. The van der Waals surface area contributed by atoms with Gasteiger partial charge < -0.3 is 0 Å². The van der Waals surface area contributed by atoms with Crippen LogP contribution in [0.3, 0.4) is 0 Å². The fourth-order valence-electron chi connectivity index (χ4n) is 2.28. The van der Waals surface area contributed by atoms with Crippen molar-refractivity contribution in [1.29, 1.82) is 0 Å². The summed E-state index contributed by atoms with van der Waals surface area (Å²) >= 11 is 0. The number of piperidine rings is 1. The van der Waals surface area contributed by atoms with Gasteiger partial charge in [-0.05, 0) is 21.1 Å².